The lowest BCUT2D eigenvalue weighted by atomic mass is 9.36. The second-order valence-electron chi connectivity index (χ2n) is 20.7. The summed E-state index contributed by atoms with van der Waals surface area (Å²) in [6.45, 7) is 4.92. The minimum atomic E-state index is 0.257. The van der Waals surface area contributed by atoms with E-state index in [2.05, 4.69) is 172 Å². The fourth-order valence-electron chi connectivity index (χ4n) is 14.7. The van der Waals surface area contributed by atoms with Crippen molar-refractivity contribution in [1.29, 1.82) is 5.26 Å². The van der Waals surface area contributed by atoms with Crippen LogP contribution in [0.3, 0.4) is 0 Å². The van der Waals surface area contributed by atoms with Crippen molar-refractivity contribution in [3.05, 3.63) is 197 Å². The summed E-state index contributed by atoms with van der Waals surface area (Å²) in [5.74, 6) is 3.98. The van der Waals surface area contributed by atoms with E-state index in [1.165, 1.54) is 96.7 Å². The van der Waals surface area contributed by atoms with Gasteiger partial charge in [-0.3, -0.25) is 0 Å². The van der Waals surface area contributed by atoms with Gasteiger partial charge in [-0.1, -0.05) is 159 Å². The fourth-order valence-corrected chi connectivity index (χ4v) is 14.7. The molecule has 0 radical (unpaired) electrons. The Bertz CT molecular complexity index is 2600. The van der Waals surface area contributed by atoms with Crippen LogP contribution in [0.15, 0.2) is 164 Å². The van der Waals surface area contributed by atoms with E-state index in [1.807, 2.05) is 12.1 Å². The van der Waals surface area contributed by atoms with Gasteiger partial charge in [-0.05, 0) is 196 Å². The van der Waals surface area contributed by atoms with Gasteiger partial charge in [0.15, 0.2) is 0 Å². The van der Waals surface area contributed by atoms with E-state index in [-0.39, 0.29) is 10.8 Å². The van der Waals surface area contributed by atoms with Crippen molar-refractivity contribution in [2.75, 3.05) is 0 Å². The van der Waals surface area contributed by atoms with Crippen molar-refractivity contribution >= 4 is 5.57 Å². The van der Waals surface area contributed by atoms with Crippen molar-refractivity contribution in [2.24, 2.45) is 29.1 Å². The molecule has 0 aliphatic heterocycles. The van der Waals surface area contributed by atoms with Crippen molar-refractivity contribution in [1.82, 2.24) is 0 Å². The lowest BCUT2D eigenvalue weighted by Gasteiger charge is -2.68. The molecule has 7 atom stereocenters. The van der Waals surface area contributed by atoms with E-state index in [0.29, 0.717) is 34.7 Å². The largest absolute Gasteiger partial charge is 0.192 e. The average Bonchev–Trinajstić information content (AvgIpc) is 3.51. The summed E-state index contributed by atoms with van der Waals surface area (Å²) in [4.78, 5) is 0. The van der Waals surface area contributed by atoms with Gasteiger partial charge in [0.1, 0.15) is 0 Å². The molecule has 5 fully saturated rings. The summed E-state index contributed by atoms with van der Waals surface area (Å²) in [5.41, 5.74) is 16.0. The Morgan fingerprint density at radius 3 is 1.79 bits per heavy atom. The third-order valence-corrected chi connectivity index (χ3v) is 17.5. The number of rotatable bonds is 8. The van der Waals surface area contributed by atoms with E-state index in [9.17, 15) is 5.26 Å². The molecular formula is C61H61N. The van der Waals surface area contributed by atoms with Gasteiger partial charge in [0.05, 0.1) is 11.6 Å². The first-order valence-electron chi connectivity index (χ1n) is 24.0. The number of benzene rings is 6. The molecule has 6 aliphatic rings. The van der Waals surface area contributed by atoms with Crippen LogP contribution >= 0.6 is 0 Å². The standard InChI is InChI=1S/C61H61N/c1-3-54-56(19-11-18-55(47-12-6-4-7-13-47)42(2)20-33-57(54)48-14-8-5-9-15-48)50-17-10-16-49(34-50)46-27-29-52(30-28-46)59-35-51-36-60(58(51)37-59)40-61(39-59,41-60)53-31-25-45(26-32-53)44-23-21-43(38-62)22-24-44/h4-10,12-17,19,21-32,34,42,51,54-55,57-58H,3,11,18,20,33,35-37,39-41H2,1-2H3/b56-19-. The van der Waals surface area contributed by atoms with Gasteiger partial charge in [-0.2, -0.15) is 5.26 Å². The topological polar surface area (TPSA) is 23.8 Å². The normalized spacial score (nSPS) is 31.9. The first-order valence-corrected chi connectivity index (χ1v) is 24.0. The molecule has 1 heteroatoms. The van der Waals surface area contributed by atoms with Gasteiger partial charge in [0, 0.05) is 0 Å². The fraction of sp³-hybridized carbons (Fsp3) is 0.361. The highest BCUT2D eigenvalue weighted by Crippen LogP contribution is 2.81. The Balaban J connectivity index is 0.888. The van der Waals surface area contributed by atoms with Crippen molar-refractivity contribution in [2.45, 2.75) is 107 Å². The number of nitrogens with zero attached hydrogens (tertiary/aromatic N) is 1. The molecule has 0 heterocycles. The van der Waals surface area contributed by atoms with Gasteiger partial charge in [-0.15, -0.1) is 0 Å². The molecule has 0 N–H and O–H groups in total. The Labute approximate surface area is 371 Å². The Morgan fingerprint density at radius 1 is 0.548 bits per heavy atom. The van der Waals surface area contributed by atoms with Crippen LogP contribution in [-0.4, -0.2) is 0 Å². The van der Waals surface area contributed by atoms with Crippen LogP contribution in [-0.2, 0) is 10.8 Å². The molecule has 6 aromatic rings. The summed E-state index contributed by atoms with van der Waals surface area (Å²) < 4.78 is 0. The quantitative estimate of drug-likeness (QED) is 0.150. The molecule has 5 saturated carbocycles. The second-order valence-corrected chi connectivity index (χ2v) is 20.7. The minimum absolute atomic E-state index is 0.257. The molecule has 310 valence electrons. The molecular weight excluding hydrogens is 747 g/mol. The van der Waals surface area contributed by atoms with E-state index >= 15 is 0 Å². The van der Waals surface area contributed by atoms with E-state index in [0.717, 1.165) is 24.7 Å². The Hall–Kier alpha value is -5.45. The highest BCUT2D eigenvalue weighted by molar-refractivity contribution is 5.75. The molecule has 6 aliphatic carbocycles. The highest BCUT2D eigenvalue weighted by Gasteiger charge is 2.74. The molecule has 62 heavy (non-hydrogen) atoms. The maximum Gasteiger partial charge on any atom is 0.0991 e. The number of nitriles is 1. The maximum atomic E-state index is 9.30. The van der Waals surface area contributed by atoms with Crippen molar-refractivity contribution in [3.63, 3.8) is 0 Å². The molecule has 0 aromatic heterocycles. The zero-order valence-electron chi connectivity index (χ0n) is 36.8. The predicted octanol–water partition coefficient (Wildman–Crippen LogP) is 15.9. The molecule has 12 rings (SSSR count). The molecule has 1 spiro atoms. The van der Waals surface area contributed by atoms with E-state index in [4.69, 9.17) is 0 Å². The van der Waals surface area contributed by atoms with Crippen LogP contribution in [0, 0.1) is 40.4 Å². The van der Waals surface area contributed by atoms with E-state index in [1.54, 1.807) is 16.7 Å². The van der Waals surface area contributed by atoms with Crippen LogP contribution in [0.2, 0.25) is 0 Å². The van der Waals surface area contributed by atoms with Crippen molar-refractivity contribution < 1.29 is 0 Å². The smallest absolute Gasteiger partial charge is 0.0991 e. The molecule has 7 unspecified atom stereocenters. The predicted molar refractivity (Wildman–Crippen MR) is 257 cm³/mol. The van der Waals surface area contributed by atoms with Crippen LogP contribution in [0.4, 0.5) is 0 Å². The van der Waals surface area contributed by atoms with Crippen LogP contribution in [0.25, 0.3) is 27.8 Å². The molecule has 6 aromatic carbocycles. The van der Waals surface area contributed by atoms with Gasteiger partial charge in [-0.25, -0.2) is 0 Å². The lowest BCUT2D eigenvalue weighted by molar-refractivity contribution is -0.141. The highest BCUT2D eigenvalue weighted by atomic mass is 14.8. The first-order chi connectivity index (χ1) is 30.4. The van der Waals surface area contributed by atoms with Gasteiger partial charge in [0.25, 0.3) is 0 Å². The summed E-state index contributed by atoms with van der Waals surface area (Å²) >= 11 is 0. The third-order valence-electron chi connectivity index (χ3n) is 17.5. The first kappa shape index (κ1) is 39.4. The minimum Gasteiger partial charge on any atom is -0.192 e. The number of hydrogen-bond acceptors (Lipinski definition) is 1. The SMILES string of the molecule is CCC1/C(c2cccc(-c3ccc(C45CC6CC7(CC(c8ccc(-c9ccc(C#N)cc9)cc8)(C4)C7)C6C5)cc3)c2)=C\CCC(c2ccccc2)C(C)CCC1c1ccccc1. The zero-order valence-corrected chi connectivity index (χ0v) is 36.8. The molecule has 4 bridgehead atoms. The second kappa shape index (κ2) is 15.7. The average molecular weight is 808 g/mol. The van der Waals surface area contributed by atoms with Gasteiger partial charge >= 0.3 is 0 Å². The monoisotopic (exact) mass is 807 g/mol. The van der Waals surface area contributed by atoms with E-state index < -0.39 is 0 Å². The van der Waals surface area contributed by atoms with Gasteiger partial charge < -0.3 is 0 Å². The van der Waals surface area contributed by atoms with Crippen LogP contribution < -0.4 is 0 Å². The van der Waals surface area contributed by atoms with Gasteiger partial charge in [0.2, 0.25) is 0 Å². The molecule has 1 nitrogen and oxygen atoms in total. The third kappa shape index (κ3) is 6.72. The number of hydrogen-bond donors (Lipinski definition) is 0. The van der Waals surface area contributed by atoms with Crippen LogP contribution in [0.1, 0.15) is 130 Å². The maximum absolute atomic E-state index is 9.30. The summed E-state index contributed by atoms with van der Waals surface area (Å²) in [6, 6.07) is 62.2. The summed E-state index contributed by atoms with van der Waals surface area (Å²) in [6.07, 6.45) is 16.7. The summed E-state index contributed by atoms with van der Waals surface area (Å²) in [7, 11) is 0. The Morgan fingerprint density at radius 2 is 1.15 bits per heavy atom. The van der Waals surface area contributed by atoms with Crippen molar-refractivity contribution in [3.8, 4) is 28.3 Å². The lowest BCUT2D eigenvalue weighted by Crippen LogP contribution is -2.61. The Kier molecular flexibility index (Phi) is 9.99. The molecule has 0 amide bonds. The zero-order chi connectivity index (χ0) is 41.9. The van der Waals surface area contributed by atoms with Crippen LogP contribution in [0.5, 0.6) is 0 Å². The summed E-state index contributed by atoms with van der Waals surface area (Å²) in [5, 5.41) is 9.30. The number of allylic oxidation sites excluding steroid dienone is 2. The molecule has 0 saturated heterocycles.